The van der Waals surface area contributed by atoms with E-state index in [4.69, 9.17) is 0 Å². The van der Waals surface area contributed by atoms with E-state index in [1.807, 2.05) is 24.3 Å². The number of piperidine rings is 1. The number of benzene rings is 1. The van der Waals surface area contributed by atoms with Crippen LogP contribution in [0.5, 0.6) is 0 Å². The second-order valence-corrected chi connectivity index (χ2v) is 11.0. The zero-order chi connectivity index (χ0) is 20.9. The smallest absolute Gasteiger partial charge is 0.251 e. The molecule has 0 aromatic heterocycles. The number of nitrogens with one attached hydrogen (secondary N) is 1. The molecule has 1 saturated heterocycles. The summed E-state index contributed by atoms with van der Waals surface area (Å²) in [5, 5.41) is 3.20. The van der Waals surface area contributed by atoms with Gasteiger partial charge in [0.1, 0.15) is 0 Å². The summed E-state index contributed by atoms with van der Waals surface area (Å²) in [7, 11) is 0. The summed E-state index contributed by atoms with van der Waals surface area (Å²) < 4.78 is 0. The second kappa shape index (κ2) is 7.69. The molecule has 0 radical (unpaired) electrons. The first-order valence-electron chi connectivity index (χ1n) is 12.1. The Hall–Kier alpha value is -1.84. The molecule has 1 aromatic carbocycles. The van der Waals surface area contributed by atoms with Crippen molar-refractivity contribution in [2.45, 2.75) is 77.2 Å². The van der Waals surface area contributed by atoms with E-state index in [9.17, 15) is 9.59 Å². The standard InChI is InChI=1S/C26H36N2O2/c1-17(2)21-3-5-22(6-4-21)24(29)27-23-7-9-28(10-8-23)25(30)26-14-18-11-19(15-26)13-20(12-18)16-26/h3-6,17-20,23H,7-16H2,1-2H3,(H,27,29). The Morgan fingerprint density at radius 3 is 1.97 bits per heavy atom. The molecule has 4 nitrogen and oxygen atoms in total. The minimum absolute atomic E-state index is 0.0103. The van der Waals surface area contributed by atoms with Gasteiger partial charge in [0.05, 0.1) is 5.41 Å². The van der Waals surface area contributed by atoms with Crippen LogP contribution in [-0.4, -0.2) is 35.8 Å². The third kappa shape index (κ3) is 3.67. The Kier molecular flexibility index (Phi) is 5.15. The highest BCUT2D eigenvalue weighted by Gasteiger charge is 2.55. The van der Waals surface area contributed by atoms with Gasteiger partial charge in [0.15, 0.2) is 0 Å². The molecule has 0 atom stereocenters. The molecule has 5 fully saturated rings. The fourth-order valence-corrected chi connectivity index (χ4v) is 7.22. The van der Waals surface area contributed by atoms with Gasteiger partial charge in [0.25, 0.3) is 5.91 Å². The molecule has 1 aliphatic heterocycles. The third-order valence-corrected chi connectivity index (χ3v) is 8.45. The number of hydrogen-bond donors (Lipinski definition) is 1. The van der Waals surface area contributed by atoms with Crippen molar-refractivity contribution >= 4 is 11.8 Å². The summed E-state index contributed by atoms with van der Waals surface area (Å²) in [6.45, 7) is 5.90. The van der Waals surface area contributed by atoms with Crippen LogP contribution in [0.25, 0.3) is 0 Å². The first kappa shape index (κ1) is 20.1. The molecule has 4 heteroatoms. The summed E-state index contributed by atoms with van der Waals surface area (Å²) in [5.74, 6) is 3.34. The van der Waals surface area contributed by atoms with E-state index in [0.717, 1.165) is 68.5 Å². The van der Waals surface area contributed by atoms with Gasteiger partial charge >= 0.3 is 0 Å². The largest absolute Gasteiger partial charge is 0.349 e. The first-order valence-corrected chi connectivity index (χ1v) is 12.1. The maximum atomic E-state index is 13.5. The molecule has 162 valence electrons. The van der Waals surface area contributed by atoms with Gasteiger partial charge in [-0.05, 0) is 92.7 Å². The van der Waals surface area contributed by atoms with Gasteiger partial charge in [-0.25, -0.2) is 0 Å². The topological polar surface area (TPSA) is 49.4 Å². The summed E-state index contributed by atoms with van der Waals surface area (Å²) in [5.41, 5.74) is 1.94. The maximum Gasteiger partial charge on any atom is 0.251 e. The van der Waals surface area contributed by atoms with E-state index in [1.165, 1.54) is 24.8 Å². The van der Waals surface area contributed by atoms with Crippen LogP contribution in [0.4, 0.5) is 0 Å². The van der Waals surface area contributed by atoms with E-state index in [-0.39, 0.29) is 17.4 Å². The van der Waals surface area contributed by atoms with Gasteiger partial charge in [0, 0.05) is 24.7 Å². The van der Waals surface area contributed by atoms with Crippen molar-refractivity contribution in [2.75, 3.05) is 13.1 Å². The summed E-state index contributed by atoms with van der Waals surface area (Å²) in [6.07, 6.45) is 9.28. The molecule has 4 saturated carbocycles. The number of rotatable bonds is 4. The zero-order valence-electron chi connectivity index (χ0n) is 18.5. The highest BCUT2D eigenvalue weighted by atomic mass is 16.2. The highest BCUT2D eigenvalue weighted by Crippen LogP contribution is 2.60. The fraction of sp³-hybridized carbons (Fsp3) is 0.692. The molecular weight excluding hydrogens is 372 g/mol. The number of carbonyl (C=O) groups excluding carboxylic acids is 2. The Morgan fingerprint density at radius 1 is 0.933 bits per heavy atom. The summed E-state index contributed by atoms with van der Waals surface area (Å²) in [6, 6.07) is 8.12. The van der Waals surface area contributed by atoms with Crippen molar-refractivity contribution in [2.24, 2.45) is 23.2 Å². The Morgan fingerprint density at radius 2 is 1.47 bits per heavy atom. The number of hydrogen-bond acceptors (Lipinski definition) is 2. The van der Waals surface area contributed by atoms with Gasteiger partial charge in [-0.3, -0.25) is 9.59 Å². The molecule has 1 heterocycles. The monoisotopic (exact) mass is 408 g/mol. The van der Waals surface area contributed by atoms with E-state index in [1.54, 1.807) is 0 Å². The van der Waals surface area contributed by atoms with Crippen molar-refractivity contribution < 1.29 is 9.59 Å². The maximum absolute atomic E-state index is 13.5. The molecule has 4 aliphatic carbocycles. The average molecular weight is 409 g/mol. The molecule has 0 spiro atoms. The molecule has 5 aliphatic rings. The van der Waals surface area contributed by atoms with Crippen molar-refractivity contribution in [3.63, 3.8) is 0 Å². The van der Waals surface area contributed by atoms with Gasteiger partial charge in [-0.15, -0.1) is 0 Å². The number of amides is 2. The van der Waals surface area contributed by atoms with Crippen molar-refractivity contribution in [1.29, 1.82) is 0 Å². The van der Waals surface area contributed by atoms with Gasteiger partial charge in [-0.1, -0.05) is 26.0 Å². The minimum Gasteiger partial charge on any atom is -0.349 e. The predicted octanol–water partition coefficient (Wildman–Crippen LogP) is 4.75. The Bertz CT molecular complexity index is 770. The van der Waals surface area contributed by atoms with E-state index in [0.29, 0.717) is 11.8 Å². The van der Waals surface area contributed by atoms with Crippen LogP contribution >= 0.6 is 0 Å². The average Bonchev–Trinajstić information content (AvgIpc) is 2.73. The lowest BCUT2D eigenvalue weighted by atomic mass is 9.49. The van der Waals surface area contributed by atoms with Crippen LogP contribution in [0.2, 0.25) is 0 Å². The molecule has 2 amide bonds. The van der Waals surface area contributed by atoms with Gasteiger partial charge < -0.3 is 10.2 Å². The Labute approximate surface area is 180 Å². The SMILES string of the molecule is CC(C)c1ccc(C(=O)NC2CCN(C(=O)C34CC5CC(CC(C5)C3)C4)CC2)cc1. The van der Waals surface area contributed by atoms with Crippen molar-refractivity contribution in [3.05, 3.63) is 35.4 Å². The van der Waals surface area contributed by atoms with Crippen LogP contribution < -0.4 is 5.32 Å². The highest BCUT2D eigenvalue weighted by molar-refractivity contribution is 5.94. The van der Waals surface area contributed by atoms with Crippen molar-refractivity contribution in [3.8, 4) is 0 Å². The molecule has 0 unspecified atom stereocenters. The number of likely N-dealkylation sites (tertiary alicyclic amines) is 1. The zero-order valence-corrected chi connectivity index (χ0v) is 18.5. The van der Waals surface area contributed by atoms with Gasteiger partial charge in [-0.2, -0.15) is 0 Å². The van der Waals surface area contributed by atoms with Crippen LogP contribution in [0.15, 0.2) is 24.3 Å². The van der Waals surface area contributed by atoms with E-state index >= 15 is 0 Å². The molecule has 6 rings (SSSR count). The lowest BCUT2D eigenvalue weighted by Crippen LogP contribution is -2.56. The van der Waals surface area contributed by atoms with E-state index in [2.05, 4.69) is 24.1 Å². The normalized spacial score (nSPS) is 33.2. The van der Waals surface area contributed by atoms with Crippen molar-refractivity contribution in [1.82, 2.24) is 10.2 Å². The molecule has 1 aromatic rings. The first-order chi connectivity index (χ1) is 14.4. The second-order valence-electron chi connectivity index (χ2n) is 11.0. The summed E-state index contributed by atoms with van der Waals surface area (Å²) >= 11 is 0. The number of nitrogens with zero attached hydrogens (tertiary/aromatic N) is 1. The minimum atomic E-state index is -0.0387. The van der Waals surface area contributed by atoms with Crippen LogP contribution in [0, 0.1) is 23.2 Å². The fourth-order valence-electron chi connectivity index (χ4n) is 7.22. The lowest BCUT2D eigenvalue weighted by Gasteiger charge is -2.57. The molecule has 30 heavy (non-hydrogen) atoms. The quantitative estimate of drug-likeness (QED) is 0.782. The summed E-state index contributed by atoms with van der Waals surface area (Å²) in [4.78, 5) is 28.3. The third-order valence-electron chi connectivity index (χ3n) is 8.45. The van der Waals surface area contributed by atoms with E-state index < -0.39 is 0 Å². The van der Waals surface area contributed by atoms with Crippen LogP contribution in [0.1, 0.15) is 87.1 Å². The predicted molar refractivity (Wildman–Crippen MR) is 118 cm³/mol. The number of carbonyl (C=O) groups is 2. The van der Waals surface area contributed by atoms with Crippen LogP contribution in [0.3, 0.4) is 0 Å². The molecular formula is C26H36N2O2. The van der Waals surface area contributed by atoms with Crippen LogP contribution in [-0.2, 0) is 4.79 Å². The molecule has 1 N–H and O–H groups in total. The Balaban J connectivity index is 1.16. The van der Waals surface area contributed by atoms with Gasteiger partial charge in [0.2, 0.25) is 5.91 Å². The lowest BCUT2D eigenvalue weighted by molar-refractivity contribution is -0.158. The molecule has 4 bridgehead atoms.